The highest BCUT2D eigenvalue weighted by molar-refractivity contribution is 5.99. The zero-order valence-corrected chi connectivity index (χ0v) is 23.7. The number of benzene rings is 2. The van der Waals surface area contributed by atoms with Gasteiger partial charge in [-0.1, -0.05) is 57.5 Å². The van der Waals surface area contributed by atoms with Crippen molar-refractivity contribution in [1.82, 2.24) is 10.2 Å². The summed E-state index contributed by atoms with van der Waals surface area (Å²) in [5.74, 6) is 2.08. The van der Waals surface area contributed by atoms with Gasteiger partial charge < -0.3 is 15.8 Å². The van der Waals surface area contributed by atoms with E-state index in [-0.39, 0.29) is 24.0 Å². The summed E-state index contributed by atoms with van der Waals surface area (Å²) < 4.78 is 5.97. The minimum atomic E-state index is -0.490. The molecule has 1 aliphatic heterocycles. The van der Waals surface area contributed by atoms with Gasteiger partial charge in [0.15, 0.2) is 5.96 Å². The molecular formula is C32H44N4O2. The van der Waals surface area contributed by atoms with E-state index in [0.717, 1.165) is 41.3 Å². The summed E-state index contributed by atoms with van der Waals surface area (Å²) in [4.78, 5) is 19.4. The van der Waals surface area contributed by atoms with Crippen LogP contribution in [0.4, 0.5) is 0 Å². The second kappa shape index (κ2) is 11.6. The smallest absolute Gasteiger partial charge is 0.232 e. The van der Waals surface area contributed by atoms with Crippen LogP contribution < -0.4 is 15.8 Å². The van der Waals surface area contributed by atoms with Crippen molar-refractivity contribution in [2.45, 2.75) is 90.8 Å². The van der Waals surface area contributed by atoms with Crippen LogP contribution in [0.5, 0.6) is 5.75 Å². The molecule has 6 heteroatoms. The van der Waals surface area contributed by atoms with Crippen LogP contribution in [-0.2, 0) is 11.2 Å². The number of nitrogens with two attached hydrogens (primary N) is 1. The highest BCUT2D eigenvalue weighted by Gasteiger charge is 2.37. The first-order valence-corrected chi connectivity index (χ1v) is 14.1. The van der Waals surface area contributed by atoms with E-state index in [1.54, 1.807) is 4.90 Å². The summed E-state index contributed by atoms with van der Waals surface area (Å²) in [5.41, 5.74) is 11.3. The van der Waals surface area contributed by atoms with Crippen molar-refractivity contribution in [2.24, 2.45) is 16.6 Å². The Morgan fingerprint density at radius 1 is 1.21 bits per heavy atom. The van der Waals surface area contributed by atoms with E-state index in [0.29, 0.717) is 19.4 Å². The minimum Gasteiger partial charge on any atom is -0.494 e. The van der Waals surface area contributed by atoms with Crippen molar-refractivity contribution in [1.29, 1.82) is 0 Å². The van der Waals surface area contributed by atoms with Gasteiger partial charge in [-0.3, -0.25) is 9.69 Å². The highest BCUT2D eigenvalue weighted by atomic mass is 16.5. The monoisotopic (exact) mass is 516 g/mol. The number of nitrogens with one attached hydrogen (secondary N) is 1. The van der Waals surface area contributed by atoms with Gasteiger partial charge in [0.05, 0.1) is 30.7 Å². The predicted octanol–water partition coefficient (Wildman–Crippen LogP) is 6.53. The molecule has 2 unspecified atom stereocenters. The number of carbonyl (C=O) groups is 1. The van der Waals surface area contributed by atoms with Gasteiger partial charge in [0, 0.05) is 11.3 Å². The zero-order chi connectivity index (χ0) is 27.4. The van der Waals surface area contributed by atoms with Crippen molar-refractivity contribution in [2.75, 3.05) is 6.61 Å². The van der Waals surface area contributed by atoms with Crippen molar-refractivity contribution < 1.29 is 9.53 Å². The molecule has 5 rings (SSSR count). The molecule has 1 heterocycles. The number of aliphatic imine (C=N–C) groups is 1. The van der Waals surface area contributed by atoms with Crippen molar-refractivity contribution in [3.05, 3.63) is 71.3 Å². The molecule has 2 aromatic rings. The lowest BCUT2D eigenvalue weighted by Gasteiger charge is -2.38. The van der Waals surface area contributed by atoms with Crippen LogP contribution in [0.2, 0.25) is 0 Å². The Labute approximate surface area is 228 Å². The van der Waals surface area contributed by atoms with E-state index >= 15 is 0 Å². The van der Waals surface area contributed by atoms with Crippen molar-refractivity contribution >= 4 is 17.6 Å². The summed E-state index contributed by atoms with van der Waals surface area (Å²) >= 11 is 0. The number of hydrogen-bond acceptors (Lipinski definition) is 5. The van der Waals surface area contributed by atoms with Crippen LogP contribution in [0.1, 0.15) is 101 Å². The molecule has 1 amide bonds. The zero-order valence-electron chi connectivity index (χ0n) is 23.7. The Hall–Kier alpha value is -3.28. The van der Waals surface area contributed by atoms with Crippen molar-refractivity contribution in [3.8, 4) is 5.75 Å². The third-order valence-electron chi connectivity index (χ3n) is 7.58. The lowest BCUT2D eigenvalue weighted by Crippen LogP contribution is -2.51. The number of nitrogens with zero attached hydrogens (tertiary/aromatic N) is 2. The molecule has 2 aromatic carbocycles. The first kappa shape index (κ1) is 27.7. The van der Waals surface area contributed by atoms with Gasteiger partial charge >= 0.3 is 0 Å². The molecule has 38 heavy (non-hydrogen) atoms. The number of hydrogen-bond donors (Lipinski definition) is 2. The van der Waals surface area contributed by atoms with Crippen LogP contribution in [-0.4, -0.2) is 28.9 Å². The Kier molecular flexibility index (Phi) is 8.49. The minimum absolute atomic E-state index is 0.0169. The van der Waals surface area contributed by atoms with Crippen LogP contribution >= 0.6 is 0 Å². The second-order valence-electron chi connectivity index (χ2n) is 11.4. The highest BCUT2D eigenvalue weighted by Crippen LogP contribution is 2.38. The predicted molar refractivity (Wildman–Crippen MR) is 156 cm³/mol. The van der Waals surface area contributed by atoms with Gasteiger partial charge in [-0.05, 0) is 80.8 Å². The van der Waals surface area contributed by atoms with Gasteiger partial charge in [-0.2, -0.15) is 0 Å². The van der Waals surface area contributed by atoms with Crippen LogP contribution in [0.15, 0.2) is 54.0 Å². The molecule has 0 saturated heterocycles. The van der Waals surface area contributed by atoms with Gasteiger partial charge in [0.1, 0.15) is 5.75 Å². The summed E-state index contributed by atoms with van der Waals surface area (Å²) in [7, 11) is 0. The largest absolute Gasteiger partial charge is 0.494 e. The molecule has 1 fully saturated rings. The van der Waals surface area contributed by atoms with Crippen LogP contribution in [0.25, 0.3) is 5.70 Å². The van der Waals surface area contributed by atoms with Crippen LogP contribution in [0.3, 0.4) is 0 Å². The fourth-order valence-corrected chi connectivity index (χ4v) is 5.31. The quantitative estimate of drug-likeness (QED) is 0.418. The topological polar surface area (TPSA) is 80.0 Å². The fourth-order valence-electron chi connectivity index (χ4n) is 5.31. The van der Waals surface area contributed by atoms with Gasteiger partial charge in [0.2, 0.25) is 5.91 Å². The summed E-state index contributed by atoms with van der Waals surface area (Å²) in [5, 5.41) is 3.63. The van der Waals surface area contributed by atoms with E-state index in [9.17, 15) is 4.79 Å². The molecule has 0 spiro atoms. The van der Waals surface area contributed by atoms with E-state index in [1.165, 1.54) is 24.0 Å². The van der Waals surface area contributed by atoms with E-state index in [1.807, 2.05) is 32.9 Å². The second-order valence-corrected chi connectivity index (χ2v) is 11.4. The van der Waals surface area contributed by atoms with Crippen LogP contribution in [0, 0.1) is 5.92 Å². The third kappa shape index (κ3) is 6.40. The molecule has 2 aliphatic carbocycles. The van der Waals surface area contributed by atoms with Gasteiger partial charge in [0.25, 0.3) is 0 Å². The molecule has 0 aromatic heterocycles. The average molecular weight is 517 g/mol. The number of aryl methyl sites for hydroxylation is 1. The molecule has 204 valence electrons. The normalized spacial score (nSPS) is 20.6. The van der Waals surface area contributed by atoms with Crippen molar-refractivity contribution in [3.63, 3.8) is 0 Å². The number of fused-ring (bicyclic) bond motifs is 1. The van der Waals surface area contributed by atoms with Gasteiger partial charge in [-0.15, -0.1) is 0 Å². The molecule has 3 aliphatic rings. The molecule has 1 saturated carbocycles. The first-order chi connectivity index (χ1) is 18.1. The average Bonchev–Trinajstić information content (AvgIpc) is 3.55. The van der Waals surface area contributed by atoms with E-state index in [2.05, 4.69) is 61.1 Å². The number of ether oxygens (including phenoxy) is 1. The number of amides is 1. The third-order valence-corrected chi connectivity index (χ3v) is 7.58. The lowest BCUT2D eigenvalue weighted by atomic mass is 9.94. The summed E-state index contributed by atoms with van der Waals surface area (Å²) in [6.07, 6.45) is 6.09. The standard InChI is InChI=1S/C28H36N4O2.C4H8/c1-6-24(32-26(33)17-28(4,5)31-27(32)29)22-16-20(13-15-25(22)34-7-2)18(3)30-23-14-12-19-10-8-9-11-21(19)23;1-4-2-3-4/h8-11,13,15-16,23-24,30H,3,6-7,12,14,17H2,1-2,4-5H3,(H2,29,31);4H,2-3H2,1H3. The van der Waals surface area contributed by atoms with Gasteiger partial charge in [-0.25, -0.2) is 4.99 Å². The number of guanidine groups is 1. The maximum atomic E-state index is 13.1. The summed E-state index contributed by atoms with van der Waals surface area (Å²) in [6, 6.07) is 14.6. The number of carbonyl (C=O) groups excluding carboxylic acids is 1. The number of rotatable bonds is 8. The fraction of sp³-hybridized carbons (Fsp3) is 0.500. The molecule has 0 radical (unpaired) electrons. The Morgan fingerprint density at radius 2 is 1.92 bits per heavy atom. The maximum Gasteiger partial charge on any atom is 0.232 e. The molecular weight excluding hydrogens is 472 g/mol. The summed E-state index contributed by atoms with van der Waals surface area (Å²) in [6.45, 7) is 15.0. The Morgan fingerprint density at radius 3 is 2.55 bits per heavy atom. The van der Waals surface area contributed by atoms with E-state index < -0.39 is 5.54 Å². The maximum absolute atomic E-state index is 13.1. The molecule has 0 bridgehead atoms. The SMILES string of the molecule is C=C(NC1CCc2ccccc21)c1ccc(OCC)c(C(CC)N2C(=O)CC(C)(C)N=C2N)c1.CC1CC1. The molecule has 6 nitrogen and oxygen atoms in total. The first-order valence-electron chi connectivity index (χ1n) is 14.1. The molecule has 2 atom stereocenters. The van der Waals surface area contributed by atoms with E-state index in [4.69, 9.17) is 10.5 Å². The lowest BCUT2D eigenvalue weighted by molar-refractivity contribution is -0.131. The Balaban J connectivity index is 0.000000768. The molecule has 3 N–H and O–H groups in total. The Bertz CT molecular complexity index is 1200.